The number of aromatic amines is 1. The van der Waals surface area contributed by atoms with E-state index >= 15 is 0 Å². The van der Waals surface area contributed by atoms with Crippen molar-refractivity contribution in [2.45, 2.75) is 0 Å². The average molecular weight is 322 g/mol. The topological polar surface area (TPSA) is 57.8 Å². The third-order valence-electron chi connectivity index (χ3n) is 3.72. The maximum atomic E-state index is 12.5. The zero-order valence-electron chi connectivity index (χ0n) is 12.0. The van der Waals surface area contributed by atoms with Gasteiger partial charge in [0.15, 0.2) is 0 Å². The van der Waals surface area contributed by atoms with E-state index in [0.717, 1.165) is 27.5 Å². The standard InChI is InChI=1S/C18H12ClN3O/c19-12-6-7-14-11(9-12)10-17(21-14)18(23)22-16-5-1-4-15-13(16)3-2-8-20-15/h1-10,21H,(H,22,23). The summed E-state index contributed by atoms with van der Waals surface area (Å²) in [6, 6.07) is 16.7. The first kappa shape index (κ1) is 13.8. The summed E-state index contributed by atoms with van der Waals surface area (Å²) in [5.74, 6) is -0.200. The van der Waals surface area contributed by atoms with Crippen LogP contribution in [0.5, 0.6) is 0 Å². The lowest BCUT2D eigenvalue weighted by Gasteiger charge is -2.07. The predicted molar refractivity (Wildman–Crippen MR) is 93.0 cm³/mol. The van der Waals surface area contributed by atoms with Gasteiger partial charge in [0.05, 0.1) is 11.2 Å². The highest BCUT2D eigenvalue weighted by Gasteiger charge is 2.11. The van der Waals surface area contributed by atoms with Gasteiger partial charge in [-0.05, 0) is 48.5 Å². The number of hydrogen-bond donors (Lipinski definition) is 2. The second kappa shape index (κ2) is 5.41. The molecule has 0 fully saturated rings. The lowest BCUT2D eigenvalue weighted by molar-refractivity contribution is 0.102. The molecule has 0 bridgehead atoms. The molecule has 0 unspecified atom stereocenters. The van der Waals surface area contributed by atoms with Crippen LogP contribution in [0.15, 0.2) is 60.8 Å². The Morgan fingerprint density at radius 2 is 2.00 bits per heavy atom. The van der Waals surface area contributed by atoms with Crippen molar-refractivity contribution in [3.8, 4) is 0 Å². The Morgan fingerprint density at radius 3 is 2.91 bits per heavy atom. The van der Waals surface area contributed by atoms with Crippen LogP contribution in [0.2, 0.25) is 5.02 Å². The first-order valence-corrected chi connectivity index (χ1v) is 7.52. The van der Waals surface area contributed by atoms with Crippen molar-refractivity contribution in [1.29, 1.82) is 0 Å². The van der Waals surface area contributed by atoms with Gasteiger partial charge in [-0.3, -0.25) is 9.78 Å². The van der Waals surface area contributed by atoms with E-state index in [4.69, 9.17) is 11.6 Å². The van der Waals surface area contributed by atoms with Gasteiger partial charge in [0.2, 0.25) is 0 Å². The third kappa shape index (κ3) is 2.53. The van der Waals surface area contributed by atoms with Gasteiger partial charge in [0.1, 0.15) is 5.69 Å². The van der Waals surface area contributed by atoms with Gasteiger partial charge in [-0.1, -0.05) is 17.7 Å². The molecule has 112 valence electrons. The quantitative estimate of drug-likeness (QED) is 0.566. The molecule has 4 rings (SSSR count). The Bertz CT molecular complexity index is 1030. The number of anilines is 1. The molecule has 0 spiro atoms. The summed E-state index contributed by atoms with van der Waals surface area (Å²) in [5, 5.41) is 5.39. The normalized spacial score (nSPS) is 11.0. The second-order valence-corrected chi connectivity index (χ2v) is 5.68. The van der Waals surface area contributed by atoms with Gasteiger partial charge >= 0.3 is 0 Å². The van der Waals surface area contributed by atoms with Crippen LogP contribution in [0.3, 0.4) is 0 Å². The van der Waals surface area contributed by atoms with E-state index in [-0.39, 0.29) is 5.91 Å². The molecule has 2 aromatic carbocycles. The van der Waals surface area contributed by atoms with Crippen LogP contribution in [0.4, 0.5) is 5.69 Å². The summed E-state index contributed by atoms with van der Waals surface area (Å²) in [4.78, 5) is 19.9. The SMILES string of the molecule is O=C(Nc1cccc2ncccc12)c1cc2cc(Cl)ccc2[nH]1. The Hall–Kier alpha value is -2.85. The van der Waals surface area contributed by atoms with E-state index in [1.165, 1.54) is 0 Å². The number of carbonyl (C=O) groups excluding carboxylic acids is 1. The lowest BCUT2D eigenvalue weighted by Crippen LogP contribution is -2.12. The minimum absolute atomic E-state index is 0.200. The van der Waals surface area contributed by atoms with Gasteiger partial charge in [0, 0.05) is 27.5 Å². The van der Waals surface area contributed by atoms with E-state index in [9.17, 15) is 4.79 Å². The van der Waals surface area contributed by atoms with E-state index in [1.807, 2.05) is 42.5 Å². The third-order valence-corrected chi connectivity index (χ3v) is 3.96. The molecule has 2 N–H and O–H groups in total. The van der Waals surface area contributed by atoms with Gasteiger partial charge in [-0.25, -0.2) is 0 Å². The fourth-order valence-corrected chi connectivity index (χ4v) is 2.81. The van der Waals surface area contributed by atoms with Gasteiger partial charge < -0.3 is 10.3 Å². The van der Waals surface area contributed by atoms with Crippen molar-refractivity contribution < 1.29 is 4.79 Å². The van der Waals surface area contributed by atoms with Gasteiger partial charge in [0.25, 0.3) is 5.91 Å². The van der Waals surface area contributed by atoms with Crippen LogP contribution in [-0.2, 0) is 0 Å². The van der Waals surface area contributed by atoms with E-state index in [0.29, 0.717) is 10.7 Å². The molecular weight excluding hydrogens is 310 g/mol. The van der Waals surface area contributed by atoms with Crippen LogP contribution < -0.4 is 5.32 Å². The molecule has 0 atom stereocenters. The van der Waals surface area contributed by atoms with Crippen molar-refractivity contribution in [2.75, 3.05) is 5.32 Å². The largest absolute Gasteiger partial charge is 0.351 e. The summed E-state index contributed by atoms with van der Waals surface area (Å²) in [6.45, 7) is 0. The first-order valence-electron chi connectivity index (χ1n) is 7.14. The monoisotopic (exact) mass is 321 g/mol. The van der Waals surface area contributed by atoms with Gasteiger partial charge in [-0.2, -0.15) is 0 Å². The van der Waals surface area contributed by atoms with Crippen LogP contribution >= 0.6 is 11.6 Å². The molecule has 0 saturated heterocycles. The summed E-state index contributed by atoms with van der Waals surface area (Å²) < 4.78 is 0. The number of amides is 1. The number of fused-ring (bicyclic) bond motifs is 2. The molecular formula is C18H12ClN3O. The highest BCUT2D eigenvalue weighted by atomic mass is 35.5. The molecule has 0 saturated carbocycles. The highest BCUT2D eigenvalue weighted by molar-refractivity contribution is 6.31. The number of carbonyl (C=O) groups is 1. The molecule has 0 aliphatic rings. The summed E-state index contributed by atoms with van der Waals surface area (Å²) in [7, 11) is 0. The molecule has 23 heavy (non-hydrogen) atoms. The van der Waals surface area contributed by atoms with Crippen molar-refractivity contribution in [3.63, 3.8) is 0 Å². The van der Waals surface area contributed by atoms with Crippen LogP contribution in [0.1, 0.15) is 10.5 Å². The van der Waals surface area contributed by atoms with E-state index < -0.39 is 0 Å². The van der Waals surface area contributed by atoms with E-state index in [1.54, 1.807) is 18.3 Å². The van der Waals surface area contributed by atoms with Crippen molar-refractivity contribution >= 4 is 45.0 Å². The summed E-state index contributed by atoms with van der Waals surface area (Å²) in [5.41, 5.74) is 2.94. The number of rotatable bonds is 2. The maximum Gasteiger partial charge on any atom is 0.272 e. The number of aromatic nitrogens is 2. The number of H-pyrrole nitrogens is 1. The Labute approximate surface area is 137 Å². The lowest BCUT2D eigenvalue weighted by atomic mass is 10.2. The summed E-state index contributed by atoms with van der Waals surface area (Å²) >= 11 is 5.98. The minimum atomic E-state index is -0.200. The fraction of sp³-hybridized carbons (Fsp3) is 0. The Balaban J connectivity index is 1.70. The Kier molecular flexibility index (Phi) is 3.24. The van der Waals surface area contributed by atoms with Crippen LogP contribution in [-0.4, -0.2) is 15.9 Å². The van der Waals surface area contributed by atoms with Crippen molar-refractivity contribution in [1.82, 2.24) is 9.97 Å². The molecule has 2 aromatic heterocycles. The maximum absolute atomic E-state index is 12.5. The zero-order valence-corrected chi connectivity index (χ0v) is 12.8. The molecule has 0 aliphatic carbocycles. The zero-order chi connectivity index (χ0) is 15.8. The number of hydrogen-bond acceptors (Lipinski definition) is 2. The molecule has 4 aromatic rings. The number of pyridine rings is 1. The molecule has 0 aliphatic heterocycles. The van der Waals surface area contributed by atoms with Crippen LogP contribution in [0.25, 0.3) is 21.8 Å². The summed E-state index contributed by atoms with van der Waals surface area (Å²) in [6.07, 6.45) is 1.73. The molecule has 4 nitrogen and oxygen atoms in total. The first-order chi connectivity index (χ1) is 11.2. The second-order valence-electron chi connectivity index (χ2n) is 5.24. The van der Waals surface area contributed by atoms with Gasteiger partial charge in [-0.15, -0.1) is 0 Å². The fourth-order valence-electron chi connectivity index (χ4n) is 2.63. The molecule has 5 heteroatoms. The molecule has 2 heterocycles. The van der Waals surface area contributed by atoms with Crippen molar-refractivity contribution in [2.24, 2.45) is 0 Å². The minimum Gasteiger partial charge on any atom is -0.351 e. The van der Waals surface area contributed by atoms with Crippen molar-refractivity contribution in [3.05, 3.63) is 71.5 Å². The number of benzene rings is 2. The predicted octanol–water partition coefficient (Wildman–Crippen LogP) is 4.62. The number of halogens is 1. The van der Waals surface area contributed by atoms with Crippen LogP contribution in [0, 0.1) is 0 Å². The molecule has 1 amide bonds. The average Bonchev–Trinajstić information content (AvgIpc) is 2.98. The van der Waals surface area contributed by atoms with E-state index in [2.05, 4.69) is 15.3 Å². The molecule has 0 radical (unpaired) electrons. The number of nitrogens with zero attached hydrogens (tertiary/aromatic N) is 1. The number of nitrogens with one attached hydrogen (secondary N) is 2. The highest BCUT2D eigenvalue weighted by Crippen LogP contribution is 2.23. The smallest absolute Gasteiger partial charge is 0.272 e. The Morgan fingerprint density at radius 1 is 1.09 bits per heavy atom.